The first kappa shape index (κ1) is 20.0. The summed E-state index contributed by atoms with van der Waals surface area (Å²) < 4.78 is 14.9. The first-order chi connectivity index (χ1) is 10.2. The predicted molar refractivity (Wildman–Crippen MR) is 107 cm³/mol. The summed E-state index contributed by atoms with van der Waals surface area (Å²) in [5.74, 6) is 0.912. The number of hydrogen-bond acceptors (Lipinski definition) is 2. The van der Waals surface area contributed by atoms with Gasteiger partial charge in [0, 0.05) is 0 Å². The lowest BCUT2D eigenvalue weighted by molar-refractivity contribution is 0.0415. The maximum Gasteiger partial charge on any atom is 0.201 e. The van der Waals surface area contributed by atoms with Crippen molar-refractivity contribution < 1.29 is 9.16 Å². The van der Waals surface area contributed by atoms with Gasteiger partial charge in [0.1, 0.15) is 12.2 Å². The maximum absolute atomic E-state index is 6.90. The van der Waals surface area contributed by atoms with Crippen molar-refractivity contribution in [2.45, 2.75) is 77.3 Å². The molecule has 4 heteroatoms. The van der Waals surface area contributed by atoms with Crippen LogP contribution in [0.5, 0.6) is 0 Å². The van der Waals surface area contributed by atoms with E-state index in [-0.39, 0.29) is 12.2 Å². The Labute approximate surface area is 151 Å². The lowest BCUT2D eigenvalue weighted by Gasteiger charge is -2.46. The Kier molecular flexibility index (Phi) is 7.40. The lowest BCUT2D eigenvalue weighted by Crippen LogP contribution is -2.53. The van der Waals surface area contributed by atoms with Crippen molar-refractivity contribution >= 4 is 30.9 Å². The first-order valence-electron chi connectivity index (χ1n) is 8.15. The van der Waals surface area contributed by atoms with Gasteiger partial charge in [-0.2, -0.15) is 0 Å². The molecule has 0 aromatic carbocycles. The van der Waals surface area contributed by atoms with Crippen LogP contribution in [-0.4, -0.2) is 20.5 Å². The van der Waals surface area contributed by atoms with Crippen LogP contribution in [0.15, 0.2) is 34.1 Å². The highest BCUT2D eigenvalue weighted by atomic mass is 127. The van der Waals surface area contributed by atoms with Crippen molar-refractivity contribution in [1.29, 1.82) is 0 Å². The molecule has 0 radical (unpaired) electrons. The van der Waals surface area contributed by atoms with Gasteiger partial charge in [0.05, 0.1) is 5.76 Å². The molecule has 0 fully saturated rings. The SMILES string of the molecule is C=C1C=C(C)O[C@H](/C=C/I)[C@H]1O[Si](C(C)C)(C(C)C)C(C)C. The van der Waals surface area contributed by atoms with E-state index in [9.17, 15) is 0 Å². The first-order valence-corrected chi connectivity index (χ1v) is 11.5. The molecule has 0 aromatic heterocycles. The fourth-order valence-electron chi connectivity index (χ4n) is 3.85. The van der Waals surface area contributed by atoms with E-state index in [1.165, 1.54) is 0 Å². The fourth-order valence-corrected chi connectivity index (χ4v) is 9.80. The van der Waals surface area contributed by atoms with Gasteiger partial charge in [-0.3, -0.25) is 0 Å². The summed E-state index contributed by atoms with van der Waals surface area (Å²) in [6.07, 6.45) is 3.95. The molecule has 0 aliphatic carbocycles. The largest absolute Gasteiger partial charge is 0.488 e. The second kappa shape index (κ2) is 8.15. The highest BCUT2D eigenvalue weighted by Gasteiger charge is 2.48. The summed E-state index contributed by atoms with van der Waals surface area (Å²) in [5.41, 5.74) is 2.69. The Hall–Kier alpha value is -0.0731. The zero-order valence-corrected chi connectivity index (χ0v) is 18.2. The van der Waals surface area contributed by atoms with Crippen LogP contribution in [0.2, 0.25) is 16.6 Å². The zero-order valence-electron chi connectivity index (χ0n) is 15.0. The van der Waals surface area contributed by atoms with E-state index in [1.807, 2.05) is 17.1 Å². The molecule has 1 rings (SSSR count). The van der Waals surface area contributed by atoms with E-state index in [0.717, 1.165) is 11.3 Å². The van der Waals surface area contributed by atoms with Crippen molar-refractivity contribution in [3.05, 3.63) is 34.1 Å². The van der Waals surface area contributed by atoms with Crippen LogP contribution in [0, 0.1) is 0 Å². The number of allylic oxidation sites excluding steroid dienone is 1. The maximum atomic E-state index is 6.90. The molecule has 0 aromatic rings. The molecule has 0 saturated carbocycles. The lowest BCUT2D eigenvalue weighted by atomic mass is 10.0. The van der Waals surface area contributed by atoms with E-state index in [1.54, 1.807) is 0 Å². The number of ether oxygens (including phenoxy) is 1. The Balaban J connectivity index is 3.22. The third-order valence-corrected chi connectivity index (χ3v) is 11.2. The smallest absolute Gasteiger partial charge is 0.201 e. The molecule has 2 nitrogen and oxygen atoms in total. The van der Waals surface area contributed by atoms with Gasteiger partial charge in [-0.15, -0.1) is 0 Å². The van der Waals surface area contributed by atoms with Crippen LogP contribution < -0.4 is 0 Å². The highest BCUT2D eigenvalue weighted by molar-refractivity contribution is 14.1. The summed E-state index contributed by atoms with van der Waals surface area (Å²) in [5, 5.41) is 0. The minimum absolute atomic E-state index is 0.0717. The fraction of sp³-hybridized carbons (Fsp3) is 0.667. The van der Waals surface area contributed by atoms with Gasteiger partial charge in [-0.25, -0.2) is 0 Å². The molecule has 0 unspecified atom stereocenters. The van der Waals surface area contributed by atoms with Gasteiger partial charge in [0.25, 0.3) is 0 Å². The van der Waals surface area contributed by atoms with E-state index < -0.39 is 8.32 Å². The minimum atomic E-state index is -1.96. The molecule has 1 aliphatic rings. The van der Waals surface area contributed by atoms with Crippen LogP contribution in [0.4, 0.5) is 0 Å². The molecule has 0 N–H and O–H groups in total. The molecule has 0 amide bonds. The van der Waals surface area contributed by atoms with Gasteiger partial charge in [0.15, 0.2) is 0 Å². The van der Waals surface area contributed by atoms with Crippen molar-refractivity contribution in [2.75, 3.05) is 0 Å². The second-order valence-electron chi connectivity index (χ2n) is 7.09. The Bertz CT molecular complexity index is 430. The average Bonchev–Trinajstić information content (AvgIpc) is 2.36. The van der Waals surface area contributed by atoms with Gasteiger partial charge >= 0.3 is 0 Å². The molecule has 126 valence electrons. The molecule has 0 bridgehead atoms. The second-order valence-corrected chi connectivity index (χ2v) is 13.2. The Morgan fingerprint density at radius 2 is 1.68 bits per heavy atom. The topological polar surface area (TPSA) is 18.5 Å². The zero-order chi connectivity index (χ0) is 17.1. The van der Waals surface area contributed by atoms with Crippen molar-refractivity contribution in [1.82, 2.24) is 0 Å². The van der Waals surface area contributed by atoms with Gasteiger partial charge in [0.2, 0.25) is 8.32 Å². The summed E-state index contributed by atoms with van der Waals surface area (Å²) in [6, 6.07) is 0. The third kappa shape index (κ3) is 4.06. The van der Waals surface area contributed by atoms with Crippen molar-refractivity contribution in [2.24, 2.45) is 0 Å². The van der Waals surface area contributed by atoms with Crippen molar-refractivity contribution in [3.8, 4) is 0 Å². The molecule has 22 heavy (non-hydrogen) atoms. The van der Waals surface area contributed by atoms with Gasteiger partial charge in [-0.1, -0.05) is 70.7 Å². The van der Waals surface area contributed by atoms with E-state index in [0.29, 0.717) is 16.6 Å². The van der Waals surface area contributed by atoms with E-state index in [4.69, 9.17) is 9.16 Å². The molecular formula is C18H31IO2Si. The van der Waals surface area contributed by atoms with Gasteiger partial charge < -0.3 is 9.16 Å². The summed E-state index contributed by atoms with van der Waals surface area (Å²) >= 11 is 2.24. The number of hydrogen-bond donors (Lipinski definition) is 0. The Morgan fingerprint density at radius 1 is 1.18 bits per heavy atom. The summed E-state index contributed by atoms with van der Waals surface area (Å²) in [7, 11) is -1.96. The summed E-state index contributed by atoms with van der Waals surface area (Å²) in [4.78, 5) is 0. The van der Waals surface area contributed by atoms with Crippen LogP contribution >= 0.6 is 22.6 Å². The molecule has 1 heterocycles. The predicted octanol–water partition coefficient (Wildman–Crippen LogP) is 6.35. The summed E-state index contributed by atoms with van der Waals surface area (Å²) in [6.45, 7) is 20.1. The molecule has 0 saturated heterocycles. The van der Waals surface area contributed by atoms with Crippen LogP contribution in [-0.2, 0) is 9.16 Å². The standard InChI is InChI=1S/C18H31IO2Si/c1-12(2)22(13(3)4,14(5)6)21-18-15(7)11-16(8)20-17(18)9-10-19/h9-14,17-18H,7H2,1-6,8H3/b10-9+/t17-,18+/m1/s1. The average molecular weight is 434 g/mol. The minimum Gasteiger partial charge on any atom is -0.488 e. The molecular weight excluding hydrogens is 403 g/mol. The van der Waals surface area contributed by atoms with Crippen molar-refractivity contribution in [3.63, 3.8) is 0 Å². The van der Waals surface area contributed by atoms with E-state index in [2.05, 4.69) is 76.8 Å². The molecule has 0 spiro atoms. The van der Waals surface area contributed by atoms with E-state index >= 15 is 0 Å². The quantitative estimate of drug-likeness (QED) is 0.358. The normalized spacial score (nSPS) is 23.6. The van der Waals surface area contributed by atoms with Crippen LogP contribution in [0.25, 0.3) is 0 Å². The van der Waals surface area contributed by atoms with Crippen LogP contribution in [0.3, 0.4) is 0 Å². The van der Waals surface area contributed by atoms with Crippen LogP contribution in [0.1, 0.15) is 48.5 Å². The highest BCUT2D eigenvalue weighted by Crippen LogP contribution is 2.44. The Morgan fingerprint density at radius 3 is 2.09 bits per heavy atom. The van der Waals surface area contributed by atoms with Gasteiger partial charge in [-0.05, 0) is 45.4 Å². The molecule has 1 aliphatic heterocycles. The number of halogens is 1. The monoisotopic (exact) mass is 434 g/mol. The third-order valence-electron chi connectivity index (χ3n) is 4.68. The number of rotatable bonds is 6. The molecule has 2 atom stereocenters.